The van der Waals surface area contributed by atoms with Crippen LogP contribution < -0.4 is 5.73 Å². The molecule has 0 unspecified atom stereocenters. The maximum absolute atomic E-state index is 11.5. The lowest BCUT2D eigenvalue weighted by Crippen LogP contribution is -2.45. The molecular formula is C13H19NO3. The molecule has 94 valence electrons. The summed E-state index contributed by atoms with van der Waals surface area (Å²) in [6, 6.07) is 1.78. The zero-order chi connectivity index (χ0) is 12.8. The van der Waals surface area contributed by atoms with Crippen LogP contribution in [-0.4, -0.2) is 18.6 Å². The van der Waals surface area contributed by atoms with Gasteiger partial charge in [0.05, 0.1) is 7.11 Å². The van der Waals surface area contributed by atoms with E-state index in [0.717, 1.165) is 18.6 Å². The summed E-state index contributed by atoms with van der Waals surface area (Å²) >= 11 is 0. The van der Waals surface area contributed by atoms with Crippen molar-refractivity contribution < 1.29 is 13.9 Å². The highest BCUT2D eigenvalue weighted by molar-refractivity contribution is 5.90. The first-order chi connectivity index (χ1) is 7.82. The third-order valence-electron chi connectivity index (χ3n) is 3.78. The highest BCUT2D eigenvalue weighted by Gasteiger charge is 2.56. The van der Waals surface area contributed by atoms with Crippen molar-refractivity contribution in [2.75, 3.05) is 7.11 Å². The summed E-state index contributed by atoms with van der Waals surface area (Å²) in [6.45, 7) is 5.76. The van der Waals surface area contributed by atoms with Gasteiger partial charge in [0.1, 0.15) is 17.1 Å². The van der Waals surface area contributed by atoms with Crippen LogP contribution in [0.3, 0.4) is 0 Å². The van der Waals surface area contributed by atoms with Crippen LogP contribution >= 0.6 is 0 Å². The van der Waals surface area contributed by atoms with E-state index in [0.29, 0.717) is 11.3 Å². The number of ether oxygens (including phenoxy) is 1. The maximum atomic E-state index is 11.5. The van der Waals surface area contributed by atoms with Gasteiger partial charge in [0.2, 0.25) is 0 Å². The maximum Gasteiger partial charge on any atom is 0.341 e. The van der Waals surface area contributed by atoms with E-state index < -0.39 is 0 Å². The van der Waals surface area contributed by atoms with E-state index in [1.165, 1.54) is 7.11 Å². The molecule has 1 saturated carbocycles. The van der Waals surface area contributed by atoms with Crippen LogP contribution in [0.15, 0.2) is 10.5 Å². The number of esters is 1. The minimum absolute atomic E-state index is 0.121. The summed E-state index contributed by atoms with van der Waals surface area (Å²) in [5.74, 6) is 1.05. The van der Waals surface area contributed by atoms with Gasteiger partial charge in [0.25, 0.3) is 0 Å². The number of nitrogens with two attached hydrogens (primary N) is 1. The Bertz CT molecular complexity index is 450. The molecule has 0 aromatic carbocycles. The fraction of sp³-hybridized carbons (Fsp3) is 0.615. The van der Waals surface area contributed by atoms with E-state index in [4.69, 9.17) is 14.9 Å². The first-order valence-corrected chi connectivity index (χ1v) is 5.80. The van der Waals surface area contributed by atoms with Gasteiger partial charge in [-0.25, -0.2) is 4.79 Å². The zero-order valence-electron chi connectivity index (χ0n) is 10.8. The van der Waals surface area contributed by atoms with Crippen LogP contribution in [-0.2, 0) is 10.2 Å². The molecule has 1 aliphatic carbocycles. The number of aryl methyl sites for hydroxylation is 1. The second-order valence-electron chi connectivity index (χ2n) is 5.38. The highest BCUT2D eigenvalue weighted by atomic mass is 16.5. The zero-order valence-corrected chi connectivity index (χ0v) is 10.8. The molecule has 0 saturated heterocycles. The second kappa shape index (κ2) is 3.60. The molecule has 4 heteroatoms. The van der Waals surface area contributed by atoms with Gasteiger partial charge in [0.15, 0.2) is 0 Å². The van der Waals surface area contributed by atoms with Crippen LogP contribution in [0.25, 0.3) is 0 Å². The molecule has 0 aliphatic heterocycles. The first kappa shape index (κ1) is 12.2. The van der Waals surface area contributed by atoms with Crippen LogP contribution in [0, 0.1) is 6.92 Å². The van der Waals surface area contributed by atoms with E-state index in [1.807, 2.05) is 13.8 Å². The summed E-state index contributed by atoms with van der Waals surface area (Å²) in [7, 11) is 1.37. The molecule has 4 nitrogen and oxygen atoms in total. The van der Waals surface area contributed by atoms with Crippen molar-refractivity contribution in [3.8, 4) is 0 Å². The molecule has 2 N–H and O–H groups in total. The molecule has 2 rings (SSSR count). The fourth-order valence-corrected chi connectivity index (χ4v) is 2.36. The summed E-state index contributed by atoms with van der Waals surface area (Å²) in [4.78, 5) is 11.5. The molecule has 0 atom stereocenters. The Morgan fingerprint density at radius 1 is 1.53 bits per heavy atom. The van der Waals surface area contributed by atoms with Crippen molar-refractivity contribution in [2.24, 2.45) is 5.73 Å². The largest absolute Gasteiger partial charge is 0.465 e. The number of hydrogen-bond acceptors (Lipinski definition) is 4. The number of furan rings is 1. The number of carbonyl (C=O) groups excluding carboxylic acids is 1. The highest BCUT2D eigenvalue weighted by Crippen LogP contribution is 2.55. The van der Waals surface area contributed by atoms with Gasteiger partial charge in [-0.05, 0) is 39.7 Å². The third kappa shape index (κ3) is 1.76. The topological polar surface area (TPSA) is 65.5 Å². The van der Waals surface area contributed by atoms with Gasteiger partial charge in [-0.2, -0.15) is 0 Å². The standard InChI is InChI=1S/C13H19NO3/c1-8-9(11(15)16-4)7-10(17-8)13(5-6-13)12(2,3)14/h7H,5-6,14H2,1-4H3. The van der Waals surface area contributed by atoms with Crippen molar-refractivity contribution in [3.05, 3.63) is 23.2 Å². The lowest BCUT2D eigenvalue weighted by atomic mass is 9.83. The number of carbonyl (C=O) groups is 1. The Hall–Kier alpha value is -1.29. The fourth-order valence-electron chi connectivity index (χ4n) is 2.36. The smallest absolute Gasteiger partial charge is 0.341 e. The SMILES string of the molecule is COC(=O)c1cc(C2(C(C)(C)N)CC2)oc1C. The second-order valence-corrected chi connectivity index (χ2v) is 5.38. The van der Waals surface area contributed by atoms with Crippen LogP contribution in [0.2, 0.25) is 0 Å². The van der Waals surface area contributed by atoms with Crippen molar-refractivity contribution in [1.29, 1.82) is 0 Å². The molecule has 1 aromatic rings. The Labute approximate surface area is 101 Å². The quantitative estimate of drug-likeness (QED) is 0.818. The molecule has 17 heavy (non-hydrogen) atoms. The van der Waals surface area contributed by atoms with E-state index in [2.05, 4.69) is 0 Å². The third-order valence-corrected chi connectivity index (χ3v) is 3.78. The number of hydrogen-bond donors (Lipinski definition) is 1. The lowest BCUT2D eigenvalue weighted by Gasteiger charge is -2.28. The van der Waals surface area contributed by atoms with E-state index in [1.54, 1.807) is 13.0 Å². The van der Waals surface area contributed by atoms with Crippen LogP contribution in [0.4, 0.5) is 0 Å². The van der Waals surface area contributed by atoms with Crippen molar-refractivity contribution in [1.82, 2.24) is 0 Å². The molecule has 0 amide bonds. The van der Waals surface area contributed by atoms with Gasteiger partial charge in [-0.3, -0.25) is 0 Å². The average Bonchev–Trinajstić information content (AvgIpc) is 2.96. The molecule has 0 spiro atoms. The molecule has 1 aliphatic rings. The molecule has 1 fully saturated rings. The minimum Gasteiger partial charge on any atom is -0.465 e. The number of methoxy groups -OCH3 is 1. The van der Waals surface area contributed by atoms with Crippen LogP contribution in [0.1, 0.15) is 48.6 Å². The minimum atomic E-state index is -0.358. The van der Waals surface area contributed by atoms with Gasteiger partial charge in [0, 0.05) is 11.0 Å². The summed E-state index contributed by atoms with van der Waals surface area (Å²) in [5, 5.41) is 0. The van der Waals surface area contributed by atoms with E-state index in [9.17, 15) is 4.79 Å². The Morgan fingerprint density at radius 2 is 2.12 bits per heavy atom. The van der Waals surface area contributed by atoms with E-state index in [-0.39, 0.29) is 16.9 Å². The lowest BCUT2D eigenvalue weighted by molar-refractivity contribution is 0.0599. The predicted molar refractivity (Wildman–Crippen MR) is 64.0 cm³/mol. The van der Waals surface area contributed by atoms with Gasteiger partial charge >= 0.3 is 5.97 Å². The summed E-state index contributed by atoms with van der Waals surface area (Å²) < 4.78 is 10.4. The summed E-state index contributed by atoms with van der Waals surface area (Å²) in [5.41, 5.74) is 6.23. The van der Waals surface area contributed by atoms with Gasteiger partial charge in [-0.1, -0.05) is 0 Å². The monoisotopic (exact) mass is 237 g/mol. The molecule has 0 radical (unpaired) electrons. The van der Waals surface area contributed by atoms with Crippen molar-refractivity contribution in [3.63, 3.8) is 0 Å². The Kier molecular flexibility index (Phi) is 2.58. The van der Waals surface area contributed by atoms with Crippen molar-refractivity contribution >= 4 is 5.97 Å². The normalized spacial score (nSPS) is 17.9. The predicted octanol–water partition coefficient (Wildman–Crippen LogP) is 2.14. The first-order valence-electron chi connectivity index (χ1n) is 5.80. The Balaban J connectivity index is 2.40. The average molecular weight is 237 g/mol. The number of rotatable bonds is 3. The Morgan fingerprint density at radius 3 is 2.53 bits per heavy atom. The molecule has 1 aromatic heterocycles. The van der Waals surface area contributed by atoms with Gasteiger partial charge in [-0.15, -0.1) is 0 Å². The molecular weight excluding hydrogens is 218 g/mol. The summed E-state index contributed by atoms with van der Waals surface area (Å²) in [6.07, 6.45) is 2.01. The molecule has 1 heterocycles. The van der Waals surface area contributed by atoms with Crippen LogP contribution in [0.5, 0.6) is 0 Å². The van der Waals surface area contributed by atoms with Gasteiger partial charge < -0.3 is 14.9 Å². The van der Waals surface area contributed by atoms with Crippen molar-refractivity contribution in [2.45, 2.75) is 44.6 Å². The van der Waals surface area contributed by atoms with E-state index >= 15 is 0 Å². The molecule has 0 bridgehead atoms.